The van der Waals surface area contributed by atoms with Crippen LogP contribution in [-0.4, -0.2) is 56.9 Å². The minimum atomic E-state index is -0.175. The molecular formula is C28H31N7O. The lowest BCUT2D eigenvalue weighted by Gasteiger charge is -2.29. The standard InChI is InChI=1S/C28H31N7O/c1-18(2)31-27-17-29-16-25(33-27)23-8-7-22-15-30-26(14-24(22)32-23)34-28(36)21-6-4-5-20(13-21)19-9-11-35(3)12-10-19/h4-8,13-19H,9-12H2,1-3H3,(H,31,33)(H,30,34,36). The second-order valence-corrected chi connectivity index (χ2v) is 9.70. The first-order chi connectivity index (χ1) is 17.4. The molecule has 5 rings (SSSR count). The van der Waals surface area contributed by atoms with Gasteiger partial charge in [0.1, 0.15) is 17.3 Å². The summed E-state index contributed by atoms with van der Waals surface area (Å²) in [5.74, 6) is 1.48. The molecule has 184 valence electrons. The summed E-state index contributed by atoms with van der Waals surface area (Å²) < 4.78 is 0. The third-order valence-corrected chi connectivity index (χ3v) is 6.49. The Morgan fingerprint density at radius 3 is 2.61 bits per heavy atom. The molecule has 1 amide bonds. The smallest absolute Gasteiger partial charge is 0.256 e. The van der Waals surface area contributed by atoms with Gasteiger partial charge in [-0.3, -0.25) is 9.78 Å². The second-order valence-electron chi connectivity index (χ2n) is 9.70. The van der Waals surface area contributed by atoms with Crippen LogP contribution in [0.25, 0.3) is 22.3 Å². The van der Waals surface area contributed by atoms with Gasteiger partial charge in [-0.15, -0.1) is 0 Å². The van der Waals surface area contributed by atoms with Crippen molar-refractivity contribution in [3.8, 4) is 11.4 Å². The minimum absolute atomic E-state index is 0.175. The molecule has 0 saturated carbocycles. The molecule has 0 bridgehead atoms. The van der Waals surface area contributed by atoms with Crippen molar-refractivity contribution < 1.29 is 4.79 Å². The highest BCUT2D eigenvalue weighted by Gasteiger charge is 2.19. The predicted molar refractivity (Wildman–Crippen MR) is 143 cm³/mol. The number of carbonyl (C=O) groups is 1. The van der Waals surface area contributed by atoms with Crippen LogP contribution in [-0.2, 0) is 0 Å². The Kier molecular flexibility index (Phi) is 6.86. The maximum atomic E-state index is 13.0. The highest BCUT2D eigenvalue weighted by atomic mass is 16.1. The summed E-state index contributed by atoms with van der Waals surface area (Å²) in [6, 6.07) is 13.9. The first-order valence-corrected chi connectivity index (χ1v) is 12.4. The van der Waals surface area contributed by atoms with E-state index in [9.17, 15) is 4.79 Å². The Morgan fingerprint density at radius 2 is 1.81 bits per heavy atom. The van der Waals surface area contributed by atoms with Crippen molar-refractivity contribution >= 4 is 28.4 Å². The zero-order valence-corrected chi connectivity index (χ0v) is 20.9. The van der Waals surface area contributed by atoms with Crippen molar-refractivity contribution in [3.05, 3.63) is 72.2 Å². The lowest BCUT2D eigenvalue weighted by atomic mass is 9.89. The zero-order valence-electron chi connectivity index (χ0n) is 20.9. The molecule has 36 heavy (non-hydrogen) atoms. The largest absolute Gasteiger partial charge is 0.367 e. The zero-order chi connectivity index (χ0) is 25.1. The second kappa shape index (κ2) is 10.4. The number of anilines is 2. The van der Waals surface area contributed by atoms with Gasteiger partial charge in [-0.05, 0) is 82.6 Å². The van der Waals surface area contributed by atoms with Crippen LogP contribution in [0.5, 0.6) is 0 Å². The monoisotopic (exact) mass is 481 g/mol. The molecule has 3 aromatic heterocycles. The quantitative estimate of drug-likeness (QED) is 0.401. The molecule has 1 fully saturated rings. The number of hydrogen-bond donors (Lipinski definition) is 2. The van der Waals surface area contributed by atoms with E-state index in [1.54, 1.807) is 24.7 Å². The summed E-state index contributed by atoms with van der Waals surface area (Å²) in [4.78, 5) is 33.5. The summed E-state index contributed by atoms with van der Waals surface area (Å²) in [7, 11) is 2.16. The minimum Gasteiger partial charge on any atom is -0.367 e. The normalized spacial score (nSPS) is 14.8. The molecule has 0 aliphatic carbocycles. The number of benzene rings is 1. The molecule has 0 unspecified atom stereocenters. The van der Waals surface area contributed by atoms with Crippen LogP contribution < -0.4 is 10.6 Å². The highest BCUT2D eigenvalue weighted by molar-refractivity contribution is 6.04. The lowest BCUT2D eigenvalue weighted by molar-refractivity contribution is 0.102. The molecule has 0 radical (unpaired) electrons. The molecular weight excluding hydrogens is 450 g/mol. The molecule has 8 nitrogen and oxygen atoms in total. The van der Waals surface area contributed by atoms with Crippen molar-refractivity contribution in [3.63, 3.8) is 0 Å². The number of fused-ring (bicyclic) bond motifs is 1. The summed E-state index contributed by atoms with van der Waals surface area (Å²) in [5, 5.41) is 7.09. The van der Waals surface area contributed by atoms with Crippen molar-refractivity contribution in [2.45, 2.75) is 38.6 Å². The fraction of sp³-hybridized carbons (Fsp3) is 0.321. The number of rotatable bonds is 6. The molecule has 2 N–H and O–H groups in total. The van der Waals surface area contributed by atoms with Crippen LogP contribution in [0.15, 0.2) is 61.1 Å². The van der Waals surface area contributed by atoms with Crippen LogP contribution in [0, 0.1) is 0 Å². The van der Waals surface area contributed by atoms with Gasteiger partial charge in [0.2, 0.25) is 0 Å². The van der Waals surface area contributed by atoms with Gasteiger partial charge < -0.3 is 15.5 Å². The van der Waals surface area contributed by atoms with E-state index < -0.39 is 0 Å². The number of carbonyl (C=O) groups excluding carboxylic acids is 1. The summed E-state index contributed by atoms with van der Waals surface area (Å²) >= 11 is 0. The number of pyridine rings is 2. The summed E-state index contributed by atoms with van der Waals surface area (Å²) in [6.07, 6.45) is 7.34. The third kappa shape index (κ3) is 5.49. The van der Waals surface area contributed by atoms with Crippen molar-refractivity contribution in [2.24, 2.45) is 0 Å². The Bertz CT molecular complexity index is 1380. The molecule has 8 heteroatoms. The fourth-order valence-electron chi connectivity index (χ4n) is 4.55. The van der Waals surface area contributed by atoms with Gasteiger partial charge in [0, 0.05) is 29.3 Å². The van der Waals surface area contributed by atoms with Gasteiger partial charge in [0.05, 0.1) is 23.6 Å². The average molecular weight is 482 g/mol. The van der Waals surface area contributed by atoms with Crippen LogP contribution in [0.3, 0.4) is 0 Å². The van der Waals surface area contributed by atoms with Crippen molar-refractivity contribution in [2.75, 3.05) is 30.8 Å². The van der Waals surface area contributed by atoms with E-state index in [2.05, 4.69) is 57.4 Å². The van der Waals surface area contributed by atoms with E-state index in [1.165, 1.54) is 5.56 Å². The van der Waals surface area contributed by atoms with Gasteiger partial charge in [0.15, 0.2) is 0 Å². The third-order valence-electron chi connectivity index (χ3n) is 6.49. The number of likely N-dealkylation sites (tertiary alicyclic amines) is 1. The Labute approximate surface area is 211 Å². The fourth-order valence-corrected chi connectivity index (χ4v) is 4.55. The van der Waals surface area contributed by atoms with Crippen LogP contribution in [0.1, 0.15) is 48.5 Å². The van der Waals surface area contributed by atoms with Crippen molar-refractivity contribution in [1.29, 1.82) is 0 Å². The number of aromatic nitrogens is 4. The van der Waals surface area contributed by atoms with Crippen LogP contribution in [0.4, 0.5) is 11.6 Å². The number of nitrogens with one attached hydrogen (secondary N) is 2. The molecule has 1 saturated heterocycles. The molecule has 1 aromatic carbocycles. The first-order valence-electron chi connectivity index (χ1n) is 12.4. The first kappa shape index (κ1) is 23.8. The van der Waals surface area contributed by atoms with Gasteiger partial charge in [0.25, 0.3) is 5.91 Å². The Hall–Kier alpha value is -3.91. The van der Waals surface area contributed by atoms with E-state index >= 15 is 0 Å². The van der Waals surface area contributed by atoms with E-state index in [4.69, 9.17) is 4.98 Å². The molecule has 1 aliphatic heterocycles. The van der Waals surface area contributed by atoms with Gasteiger partial charge in [-0.25, -0.2) is 15.0 Å². The summed E-state index contributed by atoms with van der Waals surface area (Å²) in [5.41, 5.74) is 3.97. The van der Waals surface area contributed by atoms with E-state index in [-0.39, 0.29) is 11.9 Å². The molecule has 0 atom stereocenters. The van der Waals surface area contributed by atoms with E-state index in [0.717, 1.165) is 36.8 Å². The molecule has 4 heterocycles. The average Bonchev–Trinajstić information content (AvgIpc) is 2.88. The van der Waals surface area contributed by atoms with Crippen LogP contribution in [0.2, 0.25) is 0 Å². The maximum absolute atomic E-state index is 13.0. The highest BCUT2D eigenvalue weighted by Crippen LogP contribution is 2.28. The van der Waals surface area contributed by atoms with Gasteiger partial charge in [-0.1, -0.05) is 12.1 Å². The number of hydrogen-bond acceptors (Lipinski definition) is 7. The maximum Gasteiger partial charge on any atom is 0.256 e. The Balaban J connectivity index is 1.35. The van der Waals surface area contributed by atoms with Gasteiger partial charge in [-0.2, -0.15) is 0 Å². The molecule has 0 spiro atoms. The van der Waals surface area contributed by atoms with Crippen molar-refractivity contribution in [1.82, 2.24) is 24.8 Å². The number of piperidine rings is 1. The predicted octanol–water partition coefficient (Wildman–Crippen LogP) is 4.97. The lowest BCUT2D eigenvalue weighted by Crippen LogP contribution is -2.29. The number of amides is 1. The van der Waals surface area contributed by atoms with E-state index in [1.807, 2.05) is 30.3 Å². The van der Waals surface area contributed by atoms with Crippen LogP contribution >= 0.6 is 0 Å². The van der Waals surface area contributed by atoms with E-state index in [0.29, 0.717) is 34.5 Å². The molecule has 4 aromatic rings. The topological polar surface area (TPSA) is 95.9 Å². The molecule has 1 aliphatic rings. The Morgan fingerprint density at radius 1 is 0.972 bits per heavy atom. The number of nitrogens with zero attached hydrogens (tertiary/aromatic N) is 5. The summed E-state index contributed by atoms with van der Waals surface area (Å²) in [6.45, 7) is 6.27. The van der Waals surface area contributed by atoms with Gasteiger partial charge >= 0.3 is 0 Å². The SMILES string of the molecule is CC(C)Nc1cncc(-c2ccc3cnc(NC(=O)c4cccc(C5CCN(C)CC5)c4)cc3n2)n1.